The lowest BCUT2D eigenvalue weighted by molar-refractivity contribution is -0.172. The van der Waals surface area contributed by atoms with Crippen LogP contribution >= 0.6 is 0 Å². The fraction of sp³-hybridized carbons (Fsp3) is 0.333. The summed E-state index contributed by atoms with van der Waals surface area (Å²) in [6, 6.07) is 43.3. The topological polar surface area (TPSA) is 24.9 Å². The average Bonchev–Trinajstić information content (AvgIpc) is 3.02. The monoisotopic (exact) mass is 534 g/mol. The van der Waals surface area contributed by atoms with Gasteiger partial charge in [-0.3, -0.25) is 9.80 Å². The summed E-state index contributed by atoms with van der Waals surface area (Å²) in [6.45, 7) is 9.25. The highest BCUT2D eigenvalue weighted by molar-refractivity contribution is 5.19. The summed E-state index contributed by atoms with van der Waals surface area (Å²) >= 11 is 0. The number of hydrogen-bond donors (Lipinski definition) is 0. The second-order valence-corrected chi connectivity index (χ2v) is 11.0. The second-order valence-electron chi connectivity index (χ2n) is 11.0. The zero-order valence-electron chi connectivity index (χ0n) is 23.8. The van der Waals surface area contributed by atoms with Crippen LogP contribution in [-0.4, -0.2) is 47.3 Å². The molecule has 0 aromatic heterocycles. The lowest BCUT2D eigenvalue weighted by atomic mass is 10.0. The predicted octanol–water partition coefficient (Wildman–Crippen LogP) is 6.95. The minimum Gasteiger partial charge on any atom is -0.371 e. The summed E-state index contributed by atoms with van der Waals surface area (Å²) < 4.78 is 13.2. The Kier molecular flexibility index (Phi) is 10.2. The van der Waals surface area contributed by atoms with Crippen LogP contribution in [-0.2, 0) is 35.7 Å². The van der Waals surface area contributed by atoms with Crippen molar-refractivity contribution in [3.05, 3.63) is 144 Å². The van der Waals surface area contributed by atoms with E-state index in [0.29, 0.717) is 13.2 Å². The molecule has 4 nitrogen and oxygen atoms in total. The van der Waals surface area contributed by atoms with E-state index in [2.05, 4.69) is 145 Å². The third-order valence-corrected chi connectivity index (χ3v) is 8.09. The summed E-state index contributed by atoms with van der Waals surface area (Å²) in [5.74, 6) is 0. The fourth-order valence-corrected chi connectivity index (χ4v) is 5.52. The van der Waals surface area contributed by atoms with Gasteiger partial charge >= 0.3 is 0 Å². The first-order chi connectivity index (χ1) is 19.7. The van der Waals surface area contributed by atoms with Crippen molar-refractivity contribution in [3.8, 4) is 0 Å². The average molecular weight is 535 g/mol. The van der Waals surface area contributed by atoms with Crippen LogP contribution < -0.4 is 0 Å². The van der Waals surface area contributed by atoms with E-state index in [-0.39, 0.29) is 24.3 Å². The quantitative estimate of drug-likeness (QED) is 0.196. The van der Waals surface area contributed by atoms with E-state index in [1.54, 1.807) is 0 Å². The summed E-state index contributed by atoms with van der Waals surface area (Å²) in [4.78, 5) is 5.03. The highest BCUT2D eigenvalue weighted by Gasteiger charge is 2.34. The molecule has 4 aromatic rings. The predicted molar refractivity (Wildman–Crippen MR) is 163 cm³/mol. The van der Waals surface area contributed by atoms with E-state index in [1.165, 1.54) is 22.3 Å². The molecule has 208 valence electrons. The van der Waals surface area contributed by atoms with Crippen LogP contribution in [0.15, 0.2) is 121 Å². The van der Waals surface area contributed by atoms with Gasteiger partial charge in [0.15, 0.2) is 0 Å². The van der Waals surface area contributed by atoms with Gasteiger partial charge in [-0.1, -0.05) is 121 Å². The lowest BCUT2D eigenvalue weighted by Crippen LogP contribution is -2.53. The van der Waals surface area contributed by atoms with Gasteiger partial charge in [0.25, 0.3) is 0 Å². The highest BCUT2D eigenvalue weighted by atomic mass is 16.6. The normalized spacial score (nSPS) is 19.0. The highest BCUT2D eigenvalue weighted by Crippen LogP contribution is 2.24. The maximum atomic E-state index is 6.59. The molecule has 1 aliphatic rings. The number of nitrogens with zero attached hydrogens (tertiary/aromatic N) is 2. The van der Waals surface area contributed by atoms with Crippen molar-refractivity contribution in [3.63, 3.8) is 0 Å². The van der Waals surface area contributed by atoms with E-state index in [1.807, 2.05) is 0 Å². The smallest absolute Gasteiger partial charge is 0.0962 e. The zero-order chi connectivity index (χ0) is 27.6. The van der Waals surface area contributed by atoms with Crippen LogP contribution in [0.2, 0.25) is 0 Å². The molecule has 4 heteroatoms. The number of hydrogen-bond acceptors (Lipinski definition) is 4. The minimum atomic E-state index is 0.0209. The number of ether oxygens (including phenoxy) is 2. The Hall–Kier alpha value is -3.28. The fourth-order valence-electron chi connectivity index (χ4n) is 5.52. The molecule has 0 bridgehead atoms. The van der Waals surface area contributed by atoms with Crippen molar-refractivity contribution >= 4 is 0 Å². The van der Waals surface area contributed by atoms with Crippen molar-refractivity contribution in [1.82, 2.24) is 9.80 Å². The van der Waals surface area contributed by atoms with Gasteiger partial charge in [-0.2, -0.15) is 0 Å². The van der Waals surface area contributed by atoms with E-state index < -0.39 is 0 Å². The lowest BCUT2D eigenvalue weighted by Gasteiger charge is -2.42. The molecule has 0 saturated carbocycles. The summed E-state index contributed by atoms with van der Waals surface area (Å²) in [7, 11) is 0. The summed E-state index contributed by atoms with van der Waals surface area (Å²) in [5, 5.41) is 0. The number of benzene rings is 4. The molecule has 0 aliphatic carbocycles. The Labute approximate surface area is 240 Å². The van der Waals surface area contributed by atoms with Crippen LogP contribution in [0.1, 0.15) is 36.1 Å². The molecule has 4 aromatic carbocycles. The first-order valence-electron chi connectivity index (χ1n) is 14.5. The molecule has 1 heterocycles. The molecule has 0 N–H and O–H groups in total. The van der Waals surface area contributed by atoms with Crippen molar-refractivity contribution in [2.75, 3.05) is 13.2 Å². The van der Waals surface area contributed by atoms with Gasteiger partial charge in [0.1, 0.15) is 0 Å². The minimum absolute atomic E-state index is 0.0209. The van der Waals surface area contributed by atoms with E-state index >= 15 is 0 Å². The van der Waals surface area contributed by atoms with Gasteiger partial charge in [-0.25, -0.2) is 0 Å². The van der Waals surface area contributed by atoms with E-state index in [0.717, 1.165) is 26.2 Å². The van der Waals surface area contributed by atoms with Gasteiger partial charge in [0, 0.05) is 38.3 Å². The molecule has 1 fully saturated rings. The standard InChI is InChI=1S/C36H42N2O2/c1-29(37(23-31-15-7-3-8-16-31)24-32-17-9-4-10-18-32)35-27-40-36(28-39-35)30(2)38(25-33-19-11-5-12-20-33)26-34-21-13-6-14-22-34/h3-22,29-30,35-36H,23-28H2,1-2H3/t29-,30-,35+,36+/m0/s1. The van der Waals surface area contributed by atoms with Crippen molar-refractivity contribution < 1.29 is 9.47 Å². The molecule has 0 spiro atoms. The second kappa shape index (κ2) is 14.4. The molecular formula is C36H42N2O2. The maximum Gasteiger partial charge on any atom is 0.0962 e. The Morgan fingerprint density at radius 3 is 0.950 bits per heavy atom. The van der Waals surface area contributed by atoms with Crippen LogP contribution in [0.3, 0.4) is 0 Å². The van der Waals surface area contributed by atoms with Crippen LogP contribution in [0.25, 0.3) is 0 Å². The van der Waals surface area contributed by atoms with Gasteiger partial charge in [-0.05, 0) is 36.1 Å². The molecule has 0 radical (unpaired) electrons. The Morgan fingerprint density at radius 1 is 0.475 bits per heavy atom. The van der Waals surface area contributed by atoms with Crippen molar-refractivity contribution in [2.24, 2.45) is 0 Å². The number of rotatable bonds is 12. The Bertz CT molecular complexity index is 1060. The van der Waals surface area contributed by atoms with Gasteiger partial charge < -0.3 is 9.47 Å². The molecule has 4 atom stereocenters. The maximum absolute atomic E-state index is 6.59. The molecule has 1 saturated heterocycles. The van der Waals surface area contributed by atoms with Crippen molar-refractivity contribution in [2.45, 2.75) is 64.3 Å². The third-order valence-electron chi connectivity index (χ3n) is 8.09. The van der Waals surface area contributed by atoms with Gasteiger partial charge in [0.05, 0.1) is 25.4 Å². The Balaban J connectivity index is 1.24. The van der Waals surface area contributed by atoms with Crippen molar-refractivity contribution in [1.29, 1.82) is 0 Å². The molecule has 40 heavy (non-hydrogen) atoms. The molecule has 0 amide bonds. The molecular weight excluding hydrogens is 492 g/mol. The molecule has 5 rings (SSSR count). The van der Waals surface area contributed by atoms with E-state index in [4.69, 9.17) is 9.47 Å². The van der Waals surface area contributed by atoms with Crippen LogP contribution in [0, 0.1) is 0 Å². The van der Waals surface area contributed by atoms with Crippen LogP contribution in [0.4, 0.5) is 0 Å². The summed E-state index contributed by atoms with van der Waals surface area (Å²) in [6.07, 6.45) is 0.0418. The molecule has 1 aliphatic heterocycles. The van der Waals surface area contributed by atoms with E-state index in [9.17, 15) is 0 Å². The molecule has 0 unspecified atom stereocenters. The third kappa shape index (κ3) is 7.89. The van der Waals surface area contributed by atoms with Crippen LogP contribution in [0.5, 0.6) is 0 Å². The largest absolute Gasteiger partial charge is 0.371 e. The SMILES string of the molecule is C[C@@H]([C@H]1CO[C@@H]([C@H](C)N(Cc2ccccc2)Cc2ccccc2)CO1)N(Cc1ccccc1)Cc1ccccc1. The first kappa shape index (κ1) is 28.3. The van der Waals surface area contributed by atoms with Gasteiger partial charge in [-0.15, -0.1) is 0 Å². The van der Waals surface area contributed by atoms with Gasteiger partial charge in [0.2, 0.25) is 0 Å². The summed E-state index contributed by atoms with van der Waals surface area (Å²) in [5.41, 5.74) is 5.24. The zero-order valence-corrected chi connectivity index (χ0v) is 23.8. The first-order valence-corrected chi connectivity index (χ1v) is 14.5. The Morgan fingerprint density at radius 2 is 0.725 bits per heavy atom.